The number of para-hydroxylation sites is 1. The Kier molecular flexibility index (Phi) is 5.50. The zero-order valence-electron chi connectivity index (χ0n) is 14.2. The summed E-state index contributed by atoms with van der Waals surface area (Å²) in [6.07, 6.45) is 0.773. The highest BCUT2D eigenvalue weighted by molar-refractivity contribution is 7.99. The summed E-state index contributed by atoms with van der Waals surface area (Å²) in [4.78, 5) is 12.4. The van der Waals surface area contributed by atoms with Gasteiger partial charge in [0.2, 0.25) is 0 Å². The first-order valence-electron chi connectivity index (χ1n) is 8.02. The molecular formula is C19H19N3O2S. The van der Waals surface area contributed by atoms with E-state index in [2.05, 4.69) is 10.2 Å². The van der Waals surface area contributed by atoms with Gasteiger partial charge in [0.05, 0.1) is 12.9 Å². The molecule has 0 amide bonds. The van der Waals surface area contributed by atoms with E-state index in [0.717, 1.165) is 28.8 Å². The second-order valence-electron chi connectivity index (χ2n) is 5.36. The smallest absolute Gasteiger partial charge is 0.196 e. The minimum Gasteiger partial charge on any atom is -0.497 e. The molecule has 0 radical (unpaired) electrons. The first-order chi connectivity index (χ1) is 12.2. The molecule has 25 heavy (non-hydrogen) atoms. The number of thioether (sulfide) groups is 1. The van der Waals surface area contributed by atoms with Crippen LogP contribution >= 0.6 is 11.8 Å². The minimum absolute atomic E-state index is 0.0494. The Morgan fingerprint density at radius 1 is 1.08 bits per heavy atom. The third kappa shape index (κ3) is 3.91. The third-order valence-corrected chi connectivity index (χ3v) is 4.70. The number of hydrogen-bond acceptors (Lipinski definition) is 5. The lowest BCUT2D eigenvalue weighted by Gasteiger charge is -2.09. The highest BCUT2D eigenvalue weighted by Crippen LogP contribution is 2.23. The molecule has 0 aliphatic carbocycles. The summed E-state index contributed by atoms with van der Waals surface area (Å²) >= 11 is 1.40. The summed E-state index contributed by atoms with van der Waals surface area (Å²) in [5.41, 5.74) is 1.67. The van der Waals surface area contributed by atoms with Crippen LogP contribution in [-0.4, -0.2) is 33.4 Å². The molecule has 1 heterocycles. The average molecular weight is 353 g/mol. The number of Topliss-reactive ketones (excluding diaryl/α,β-unsaturated/α-hetero) is 1. The van der Waals surface area contributed by atoms with Crippen molar-refractivity contribution in [3.05, 3.63) is 66.0 Å². The van der Waals surface area contributed by atoms with Crippen LogP contribution in [0.1, 0.15) is 23.1 Å². The topological polar surface area (TPSA) is 57.0 Å². The molecule has 2 aromatic carbocycles. The molecule has 0 saturated heterocycles. The van der Waals surface area contributed by atoms with Gasteiger partial charge in [0.15, 0.2) is 10.9 Å². The predicted octanol–water partition coefficient (Wildman–Crippen LogP) is 3.81. The van der Waals surface area contributed by atoms with E-state index in [-0.39, 0.29) is 5.78 Å². The van der Waals surface area contributed by atoms with Crippen LogP contribution in [0.3, 0.4) is 0 Å². The van der Waals surface area contributed by atoms with E-state index in [1.165, 1.54) is 11.8 Å². The number of methoxy groups -OCH3 is 1. The van der Waals surface area contributed by atoms with Gasteiger partial charge in [-0.25, -0.2) is 0 Å². The van der Waals surface area contributed by atoms with Crippen molar-refractivity contribution in [1.29, 1.82) is 0 Å². The molecule has 0 spiro atoms. The van der Waals surface area contributed by atoms with Crippen LogP contribution in [-0.2, 0) is 6.42 Å². The van der Waals surface area contributed by atoms with Gasteiger partial charge in [0, 0.05) is 17.7 Å². The molecule has 0 bridgehead atoms. The zero-order valence-corrected chi connectivity index (χ0v) is 15.0. The lowest BCUT2D eigenvalue weighted by Crippen LogP contribution is -2.05. The van der Waals surface area contributed by atoms with Crippen LogP contribution in [0.4, 0.5) is 0 Å². The van der Waals surface area contributed by atoms with Crippen molar-refractivity contribution < 1.29 is 9.53 Å². The van der Waals surface area contributed by atoms with Crippen LogP contribution in [0.15, 0.2) is 59.8 Å². The number of carbonyl (C=O) groups is 1. The number of benzene rings is 2. The number of nitrogens with zero attached hydrogens (tertiary/aromatic N) is 3. The van der Waals surface area contributed by atoms with Crippen molar-refractivity contribution in [2.24, 2.45) is 0 Å². The fourth-order valence-corrected chi connectivity index (χ4v) is 3.31. The first-order valence-corrected chi connectivity index (χ1v) is 9.01. The number of ether oxygens (including phenoxy) is 1. The fraction of sp³-hybridized carbons (Fsp3) is 0.211. The zero-order chi connectivity index (χ0) is 17.6. The Morgan fingerprint density at radius 3 is 2.44 bits per heavy atom. The van der Waals surface area contributed by atoms with E-state index < -0.39 is 0 Å². The van der Waals surface area contributed by atoms with Gasteiger partial charge in [-0.05, 0) is 36.4 Å². The van der Waals surface area contributed by atoms with Crippen LogP contribution < -0.4 is 4.74 Å². The quantitative estimate of drug-likeness (QED) is 0.477. The number of aromatic nitrogens is 3. The normalized spacial score (nSPS) is 10.6. The fourth-order valence-electron chi connectivity index (χ4n) is 2.45. The third-order valence-electron chi connectivity index (χ3n) is 3.78. The van der Waals surface area contributed by atoms with Gasteiger partial charge in [0.25, 0.3) is 0 Å². The molecule has 1 aromatic heterocycles. The van der Waals surface area contributed by atoms with Crippen LogP contribution in [0.5, 0.6) is 5.75 Å². The first kappa shape index (κ1) is 17.2. The standard InChI is InChI=1S/C19H19N3O2S/c1-3-18-20-21-19(22(18)15-7-5-4-6-8-15)25-13-17(23)14-9-11-16(24-2)12-10-14/h4-12H,3,13H2,1-2H3. The highest BCUT2D eigenvalue weighted by Gasteiger charge is 2.15. The van der Waals surface area contributed by atoms with Gasteiger partial charge in [-0.15, -0.1) is 10.2 Å². The molecule has 0 atom stereocenters. The van der Waals surface area contributed by atoms with E-state index in [0.29, 0.717) is 11.3 Å². The van der Waals surface area contributed by atoms with Crippen molar-refractivity contribution in [3.63, 3.8) is 0 Å². The molecule has 128 valence electrons. The van der Waals surface area contributed by atoms with Crippen molar-refractivity contribution in [3.8, 4) is 11.4 Å². The van der Waals surface area contributed by atoms with Gasteiger partial charge in [0.1, 0.15) is 11.6 Å². The van der Waals surface area contributed by atoms with E-state index in [9.17, 15) is 4.79 Å². The van der Waals surface area contributed by atoms with E-state index in [1.54, 1.807) is 31.4 Å². The lowest BCUT2D eigenvalue weighted by atomic mass is 10.1. The summed E-state index contributed by atoms with van der Waals surface area (Å²) < 4.78 is 7.13. The summed E-state index contributed by atoms with van der Waals surface area (Å²) in [5, 5.41) is 9.24. The monoisotopic (exact) mass is 353 g/mol. The molecule has 6 heteroatoms. The Morgan fingerprint density at radius 2 is 1.80 bits per heavy atom. The second kappa shape index (κ2) is 7.98. The van der Waals surface area contributed by atoms with Gasteiger partial charge in [-0.3, -0.25) is 9.36 Å². The number of rotatable bonds is 7. The molecular weight excluding hydrogens is 334 g/mol. The maximum Gasteiger partial charge on any atom is 0.196 e. The van der Waals surface area contributed by atoms with Crippen molar-refractivity contribution in [2.75, 3.05) is 12.9 Å². The van der Waals surface area contributed by atoms with E-state index >= 15 is 0 Å². The van der Waals surface area contributed by atoms with Crippen molar-refractivity contribution in [1.82, 2.24) is 14.8 Å². The summed E-state index contributed by atoms with van der Waals surface area (Å²) in [7, 11) is 1.61. The largest absolute Gasteiger partial charge is 0.497 e. The lowest BCUT2D eigenvalue weighted by molar-refractivity contribution is 0.102. The molecule has 5 nitrogen and oxygen atoms in total. The molecule has 3 aromatic rings. The average Bonchev–Trinajstić information content (AvgIpc) is 3.10. The number of carbonyl (C=O) groups excluding carboxylic acids is 1. The Balaban J connectivity index is 1.77. The Labute approximate surface area is 151 Å². The molecule has 0 aliphatic rings. The van der Waals surface area contributed by atoms with E-state index in [1.807, 2.05) is 41.8 Å². The Bertz CT molecular complexity index is 845. The Hall–Kier alpha value is -2.60. The van der Waals surface area contributed by atoms with Gasteiger partial charge < -0.3 is 4.74 Å². The van der Waals surface area contributed by atoms with Crippen molar-refractivity contribution >= 4 is 17.5 Å². The number of ketones is 1. The second-order valence-corrected chi connectivity index (χ2v) is 6.31. The molecule has 0 N–H and O–H groups in total. The number of hydrogen-bond donors (Lipinski definition) is 0. The molecule has 3 rings (SSSR count). The summed E-state index contributed by atoms with van der Waals surface area (Å²) in [5.74, 6) is 1.97. The summed E-state index contributed by atoms with van der Waals surface area (Å²) in [6.45, 7) is 2.04. The summed E-state index contributed by atoms with van der Waals surface area (Å²) in [6, 6.07) is 17.1. The maximum atomic E-state index is 12.4. The van der Waals surface area contributed by atoms with Gasteiger partial charge in [-0.1, -0.05) is 36.9 Å². The molecule has 0 saturated carbocycles. The van der Waals surface area contributed by atoms with E-state index in [4.69, 9.17) is 4.74 Å². The maximum absolute atomic E-state index is 12.4. The van der Waals surface area contributed by atoms with Crippen LogP contribution in [0.25, 0.3) is 5.69 Å². The molecule has 0 unspecified atom stereocenters. The molecule has 0 fully saturated rings. The molecule has 0 aliphatic heterocycles. The van der Waals surface area contributed by atoms with Crippen LogP contribution in [0.2, 0.25) is 0 Å². The SMILES string of the molecule is CCc1nnc(SCC(=O)c2ccc(OC)cc2)n1-c1ccccc1. The minimum atomic E-state index is 0.0494. The highest BCUT2D eigenvalue weighted by atomic mass is 32.2. The van der Waals surface area contributed by atoms with Gasteiger partial charge >= 0.3 is 0 Å². The van der Waals surface area contributed by atoms with Gasteiger partial charge in [-0.2, -0.15) is 0 Å². The number of aryl methyl sites for hydroxylation is 1. The van der Waals surface area contributed by atoms with Crippen LogP contribution in [0, 0.1) is 0 Å². The predicted molar refractivity (Wildman–Crippen MR) is 98.8 cm³/mol. The van der Waals surface area contributed by atoms with Crippen molar-refractivity contribution in [2.45, 2.75) is 18.5 Å².